The van der Waals surface area contributed by atoms with Crippen LogP contribution in [0.4, 0.5) is 4.79 Å². The minimum atomic E-state index is -0.828. The number of amides is 1. The first kappa shape index (κ1) is 18.7. The van der Waals surface area contributed by atoms with Crippen molar-refractivity contribution in [2.24, 2.45) is 0 Å². The smallest absolute Gasteiger partial charge is 0.410 e. The van der Waals surface area contributed by atoms with E-state index in [1.165, 1.54) is 0 Å². The van der Waals surface area contributed by atoms with E-state index in [2.05, 4.69) is 10.2 Å². The second kappa shape index (κ2) is 8.33. The molecule has 0 saturated carbocycles. The first-order valence-electron chi connectivity index (χ1n) is 7.85. The van der Waals surface area contributed by atoms with Crippen molar-refractivity contribution in [2.75, 3.05) is 39.3 Å². The first-order valence-corrected chi connectivity index (χ1v) is 7.85. The van der Waals surface area contributed by atoms with Gasteiger partial charge in [0.15, 0.2) is 0 Å². The largest absolute Gasteiger partial charge is 0.480 e. The molecule has 0 aromatic heterocycles. The van der Waals surface area contributed by atoms with Crippen LogP contribution in [0.15, 0.2) is 0 Å². The summed E-state index contributed by atoms with van der Waals surface area (Å²) in [6.07, 6.45) is 0.647. The molecule has 0 aliphatic carbocycles. The molecule has 1 amide bonds. The zero-order chi connectivity index (χ0) is 16.8. The molecule has 7 nitrogen and oxygen atoms in total. The molecule has 1 heterocycles. The molecule has 1 aliphatic heterocycles. The van der Waals surface area contributed by atoms with Gasteiger partial charge in [-0.3, -0.25) is 9.69 Å². The predicted molar refractivity (Wildman–Crippen MR) is 84.0 cm³/mol. The number of carboxylic acids is 1. The van der Waals surface area contributed by atoms with Gasteiger partial charge in [-0.2, -0.15) is 0 Å². The lowest BCUT2D eigenvalue weighted by molar-refractivity contribution is -0.139. The molecule has 7 heteroatoms. The van der Waals surface area contributed by atoms with E-state index < -0.39 is 17.6 Å². The van der Waals surface area contributed by atoms with Crippen molar-refractivity contribution in [3.8, 4) is 0 Å². The van der Waals surface area contributed by atoms with Crippen molar-refractivity contribution in [1.29, 1.82) is 0 Å². The van der Waals surface area contributed by atoms with Crippen LogP contribution in [-0.4, -0.2) is 77.9 Å². The average molecular weight is 315 g/mol. The Hall–Kier alpha value is -1.34. The zero-order valence-corrected chi connectivity index (χ0v) is 14.1. The fourth-order valence-electron chi connectivity index (χ4n) is 2.19. The summed E-state index contributed by atoms with van der Waals surface area (Å²) < 4.78 is 5.36. The minimum Gasteiger partial charge on any atom is -0.480 e. The number of aliphatic carboxylic acids is 1. The number of hydrogen-bond acceptors (Lipinski definition) is 5. The predicted octanol–water partition coefficient (Wildman–Crippen LogP) is 0.992. The molecular formula is C15H29N3O4. The fraction of sp³-hybridized carbons (Fsp3) is 0.867. The summed E-state index contributed by atoms with van der Waals surface area (Å²) in [5, 5.41) is 11.7. The monoisotopic (exact) mass is 315 g/mol. The molecule has 22 heavy (non-hydrogen) atoms. The number of hydrogen-bond donors (Lipinski definition) is 2. The van der Waals surface area contributed by atoms with E-state index in [0.717, 1.165) is 26.1 Å². The minimum absolute atomic E-state index is 0.246. The number of carbonyl (C=O) groups is 2. The first-order chi connectivity index (χ1) is 10.2. The van der Waals surface area contributed by atoms with Crippen LogP contribution >= 0.6 is 0 Å². The molecule has 1 rings (SSSR count). The molecule has 1 aliphatic rings. The maximum absolute atomic E-state index is 11.9. The van der Waals surface area contributed by atoms with E-state index in [0.29, 0.717) is 19.6 Å². The third-order valence-corrected chi connectivity index (χ3v) is 3.50. The van der Waals surface area contributed by atoms with Gasteiger partial charge in [0.05, 0.1) is 0 Å². The molecule has 0 aromatic carbocycles. The molecule has 1 saturated heterocycles. The maximum atomic E-state index is 11.9. The van der Waals surface area contributed by atoms with Crippen LogP contribution in [0.2, 0.25) is 0 Å². The summed E-state index contributed by atoms with van der Waals surface area (Å²) in [5.74, 6) is -0.828. The molecule has 0 aromatic rings. The van der Waals surface area contributed by atoms with E-state index in [9.17, 15) is 9.59 Å². The quantitative estimate of drug-likeness (QED) is 0.712. The molecule has 2 N–H and O–H groups in total. The lowest BCUT2D eigenvalue weighted by atomic mass is 10.2. The average Bonchev–Trinajstić information content (AvgIpc) is 2.42. The molecular weight excluding hydrogens is 286 g/mol. The number of nitrogens with one attached hydrogen (secondary N) is 1. The summed E-state index contributed by atoms with van der Waals surface area (Å²) >= 11 is 0. The van der Waals surface area contributed by atoms with Crippen LogP contribution in [0.5, 0.6) is 0 Å². The molecule has 0 spiro atoms. The van der Waals surface area contributed by atoms with Gasteiger partial charge >= 0.3 is 12.1 Å². The summed E-state index contributed by atoms with van der Waals surface area (Å²) in [6.45, 7) is 11.8. The van der Waals surface area contributed by atoms with Crippen LogP contribution in [0, 0.1) is 0 Å². The van der Waals surface area contributed by atoms with Crippen molar-refractivity contribution < 1.29 is 19.4 Å². The van der Waals surface area contributed by atoms with Crippen LogP contribution in [-0.2, 0) is 9.53 Å². The Labute approximate surface area is 132 Å². The second-order valence-corrected chi connectivity index (χ2v) is 6.68. The van der Waals surface area contributed by atoms with Gasteiger partial charge in [0.25, 0.3) is 0 Å². The highest BCUT2D eigenvalue weighted by Gasteiger charge is 2.25. The number of piperazine rings is 1. The van der Waals surface area contributed by atoms with Crippen LogP contribution in [0.1, 0.15) is 34.1 Å². The van der Waals surface area contributed by atoms with E-state index >= 15 is 0 Å². The molecule has 0 radical (unpaired) electrons. The van der Waals surface area contributed by atoms with Crippen LogP contribution < -0.4 is 5.32 Å². The molecule has 1 fully saturated rings. The van der Waals surface area contributed by atoms with Crippen LogP contribution in [0.25, 0.3) is 0 Å². The van der Waals surface area contributed by atoms with Gasteiger partial charge in [0, 0.05) is 26.2 Å². The Morgan fingerprint density at radius 3 is 2.32 bits per heavy atom. The summed E-state index contributed by atoms with van der Waals surface area (Å²) in [5.41, 5.74) is -0.458. The van der Waals surface area contributed by atoms with E-state index in [1.807, 2.05) is 20.8 Å². The fourth-order valence-corrected chi connectivity index (χ4v) is 2.19. The van der Waals surface area contributed by atoms with Gasteiger partial charge in [-0.25, -0.2) is 4.79 Å². The third kappa shape index (κ3) is 7.09. The van der Waals surface area contributed by atoms with Crippen molar-refractivity contribution in [2.45, 2.75) is 45.8 Å². The third-order valence-electron chi connectivity index (χ3n) is 3.50. The number of nitrogens with zero attached hydrogens (tertiary/aromatic N) is 2. The van der Waals surface area contributed by atoms with Gasteiger partial charge in [-0.1, -0.05) is 0 Å². The number of ether oxygens (including phenoxy) is 1. The zero-order valence-electron chi connectivity index (χ0n) is 14.1. The van der Waals surface area contributed by atoms with Crippen LogP contribution in [0.3, 0.4) is 0 Å². The van der Waals surface area contributed by atoms with Gasteiger partial charge < -0.3 is 20.1 Å². The SMILES string of the molecule is CC(NCCCN1CCN(C(=O)OC(C)(C)C)CC1)C(=O)O. The molecule has 0 bridgehead atoms. The Kier molecular flexibility index (Phi) is 7.09. The lowest BCUT2D eigenvalue weighted by Crippen LogP contribution is -2.50. The van der Waals surface area contributed by atoms with Crippen molar-refractivity contribution >= 4 is 12.1 Å². The summed E-state index contributed by atoms with van der Waals surface area (Å²) in [4.78, 5) is 26.6. The lowest BCUT2D eigenvalue weighted by Gasteiger charge is -2.35. The highest BCUT2D eigenvalue weighted by Crippen LogP contribution is 2.11. The Balaban J connectivity index is 2.17. The van der Waals surface area contributed by atoms with E-state index in [4.69, 9.17) is 9.84 Å². The number of carboxylic acid groups (broad SMARTS) is 1. The normalized spacial score (nSPS) is 18.1. The van der Waals surface area contributed by atoms with Gasteiger partial charge in [0.1, 0.15) is 11.6 Å². The highest BCUT2D eigenvalue weighted by atomic mass is 16.6. The number of rotatable bonds is 6. The van der Waals surface area contributed by atoms with Crippen molar-refractivity contribution in [3.05, 3.63) is 0 Å². The molecule has 1 unspecified atom stereocenters. The van der Waals surface area contributed by atoms with Gasteiger partial charge in [-0.05, 0) is 47.2 Å². The summed E-state index contributed by atoms with van der Waals surface area (Å²) in [6, 6.07) is -0.510. The summed E-state index contributed by atoms with van der Waals surface area (Å²) in [7, 11) is 0. The maximum Gasteiger partial charge on any atom is 0.410 e. The van der Waals surface area contributed by atoms with E-state index in [-0.39, 0.29) is 6.09 Å². The van der Waals surface area contributed by atoms with Gasteiger partial charge in [-0.15, -0.1) is 0 Å². The molecule has 128 valence electrons. The van der Waals surface area contributed by atoms with E-state index in [1.54, 1.807) is 11.8 Å². The van der Waals surface area contributed by atoms with Crippen molar-refractivity contribution in [3.63, 3.8) is 0 Å². The highest BCUT2D eigenvalue weighted by molar-refractivity contribution is 5.72. The number of carbonyl (C=O) groups excluding carboxylic acids is 1. The Morgan fingerprint density at radius 2 is 1.82 bits per heavy atom. The van der Waals surface area contributed by atoms with Gasteiger partial charge in [0.2, 0.25) is 0 Å². The standard InChI is InChI=1S/C15H29N3O4/c1-12(13(19)20)16-6-5-7-17-8-10-18(11-9-17)14(21)22-15(2,3)4/h12,16H,5-11H2,1-4H3,(H,19,20). The Morgan fingerprint density at radius 1 is 1.23 bits per heavy atom. The molecule has 1 atom stereocenters. The Bertz CT molecular complexity index is 373. The van der Waals surface area contributed by atoms with Crippen molar-refractivity contribution in [1.82, 2.24) is 15.1 Å². The topological polar surface area (TPSA) is 82.1 Å². The second-order valence-electron chi connectivity index (χ2n) is 6.68.